The Morgan fingerprint density at radius 3 is 2.67 bits per heavy atom. The second kappa shape index (κ2) is 5.21. The summed E-state index contributed by atoms with van der Waals surface area (Å²) in [6.07, 6.45) is 1.03. The van der Waals surface area contributed by atoms with E-state index >= 15 is 0 Å². The van der Waals surface area contributed by atoms with Crippen LogP contribution in [0.2, 0.25) is 10.0 Å². The summed E-state index contributed by atoms with van der Waals surface area (Å²) in [5, 5.41) is 10.7. The maximum atomic E-state index is 11.9. The molecule has 3 nitrogen and oxygen atoms in total. The molecule has 0 radical (unpaired) electrons. The number of allylic oxidation sites excluding steroid dienone is 1. The van der Waals surface area contributed by atoms with E-state index in [2.05, 4.69) is 0 Å². The van der Waals surface area contributed by atoms with Crippen LogP contribution in [-0.4, -0.2) is 17.7 Å². The number of carbonyl (C=O) groups is 1. The fourth-order valence-corrected chi connectivity index (χ4v) is 2.34. The zero-order chi connectivity index (χ0) is 13.3. The molecular formula is C13H12Cl2O3. The summed E-state index contributed by atoms with van der Waals surface area (Å²) in [6.45, 7) is 1.97. The largest absolute Gasteiger partial charge is 0.511 e. The number of carbonyl (C=O) groups excluding carboxylic acids is 1. The Hall–Kier alpha value is -1.19. The molecule has 0 aromatic heterocycles. The monoisotopic (exact) mass is 286 g/mol. The molecule has 0 unspecified atom stereocenters. The van der Waals surface area contributed by atoms with Gasteiger partial charge in [0.25, 0.3) is 0 Å². The van der Waals surface area contributed by atoms with Crippen LogP contribution >= 0.6 is 23.2 Å². The summed E-state index contributed by atoms with van der Waals surface area (Å²) >= 11 is 11.9. The third-order valence-electron chi connectivity index (χ3n) is 2.81. The molecule has 1 aliphatic carbocycles. The summed E-state index contributed by atoms with van der Waals surface area (Å²) in [5.74, 6) is -0.492. The summed E-state index contributed by atoms with van der Waals surface area (Å²) in [5.41, 5.74) is 1.69. The van der Waals surface area contributed by atoms with Gasteiger partial charge < -0.3 is 9.84 Å². The SMILES string of the molecule is CCOC(=O)C1=C(O)CCc2cc(Cl)c(Cl)cc21. The number of hydrogen-bond acceptors (Lipinski definition) is 3. The Bertz CT molecular complexity index is 535. The molecule has 0 bridgehead atoms. The predicted molar refractivity (Wildman–Crippen MR) is 71.0 cm³/mol. The highest BCUT2D eigenvalue weighted by atomic mass is 35.5. The molecule has 0 spiro atoms. The van der Waals surface area contributed by atoms with Gasteiger partial charge in [-0.25, -0.2) is 4.79 Å². The maximum absolute atomic E-state index is 11.9. The highest BCUT2D eigenvalue weighted by molar-refractivity contribution is 6.42. The fraction of sp³-hybridized carbons (Fsp3) is 0.308. The Labute approximate surface area is 115 Å². The van der Waals surface area contributed by atoms with Crippen molar-refractivity contribution in [1.29, 1.82) is 0 Å². The lowest BCUT2D eigenvalue weighted by atomic mass is 9.89. The Balaban J connectivity index is 2.54. The van der Waals surface area contributed by atoms with Crippen molar-refractivity contribution in [3.63, 3.8) is 0 Å². The minimum Gasteiger partial charge on any atom is -0.511 e. The van der Waals surface area contributed by atoms with Crippen molar-refractivity contribution in [3.8, 4) is 0 Å². The Morgan fingerprint density at radius 2 is 2.00 bits per heavy atom. The van der Waals surface area contributed by atoms with Crippen molar-refractivity contribution in [3.05, 3.63) is 39.1 Å². The molecule has 0 amide bonds. The lowest BCUT2D eigenvalue weighted by Crippen LogP contribution is -2.15. The molecule has 2 rings (SSSR count). The van der Waals surface area contributed by atoms with Crippen LogP contribution in [-0.2, 0) is 16.0 Å². The lowest BCUT2D eigenvalue weighted by Gasteiger charge is -2.19. The molecule has 18 heavy (non-hydrogen) atoms. The van der Waals surface area contributed by atoms with Crippen LogP contribution in [0.3, 0.4) is 0 Å². The van der Waals surface area contributed by atoms with Crippen molar-refractivity contribution in [2.24, 2.45) is 0 Å². The zero-order valence-corrected chi connectivity index (χ0v) is 11.3. The van der Waals surface area contributed by atoms with Gasteiger partial charge in [-0.3, -0.25) is 0 Å². The third kappa shape index (κ3) is 2.33. The van der Waals surface area contributed by atoms with Crippen LogP contribution in [0.25, 0.3) is 5.57 Å². The molecule has 1 aromatic carbocycles. The number of hydrogen-bond donors (Lipinski definition) is 1. The summed E-state index contributed by atoms with van der Waals surface area (Å²) in [7, 11) is 0. The molecule has 0 atom stereocenters. The van der Waals surface area contributed by atoms with E-state index in [4.69, 9.17) is 27.9 Å². The average molecular weight is 287 g/mol. The van der Waals surface area contributed by atoms with Gasteiger partial charge in [-0.1, -0.05) is 23.2 Å². The maximum Gasteiger partial charge on any atom is 0.342 e. The molecule has 1 N–H and O–H groups in total. The van der Waals surface area contributed by atoms with Crippen LogP contribution in [0.1, 0.15) is 24.5 Å². The number of rotatable bonds is 2. The van der Waals surface area contributed by atoms with E-state index in [1.165, 1.54) is 0 Å². The van der Waals surface area contributed by atoms with Crippen molar-refractivity contribution in [2.45, 2.75) is 19.8 Å². The van der Waals surface area contributed by atoms with Gasteiger partial charge >= 0.3 is 5.97 Å². The first kappa shape index (κ1) is 13.2. The lowest BCUT2D eigenvalue weighted by molar-refractivity contribution is -0.136. The van der Waals surface area contributed by atoms with Crippen LogP contribution in [0.4, 0.5) is 0 Å². The molecule has 0 aliphatic heterocycles. The zero-order valence-electron chi connectivity index (χ0n) is 9.80. The van der Waals surface area contributed by atoms with Gasteiger partial charge in [-0.2, -0.15) is 0 Å². The average Bonchev–Trinajstić information content (AvgIpc) is 2.31. The minimum atomic E-state index is -0.533. The molecule has 0 heterocycles. The minimum absolute atomic E-state index is 0.0411. The molecule has 5 heteroatoms. The van der Waals surface area contributed by atoms with Crippen molar-refractivity contribution in [1.82, 2.24) is 0 Å². The fourth-order valence-electron chi connectivity index (χ4n) is 1.99. The number of aliphatic hydroxyl groups is 1. The highest BCUT2D eigenvalue weighted by Gasteiger charge is 2.26. The predicted octanol–water partition coefficient (Wildman–Crippen LogP) is 3.77. The van der Waals surface area contributed by atoms with E-state index in [9.17, 15) is 9.90 Å². The van der Waals surface area contributed by atoms with Crippen LogP contribution in [0, 0.1) is 0 Å². The Kier molecular flexibility index (Phi) is 3.83. The normalized spacial score (nSPS) is 14.4. The van der Waals surface area contributed by atoms with E-state index in [0.29, 0.717) is 28.5 Å². The topological polar surface area (TPSA) is 46.5 Å². The number of fused-ring (bicyclic) bond motifs is 1. The Morgan fingerprint density at radius 1 is 1.33 bits per heavy atom. The van der Waals surface area contributed by atoms with Gasteiger partial charge in [-0.05, 0) is 36.6 Å². The summed E-state index contributed by atoms with van der Waals surface area (Å²) < 4.78 is 4.95. The van der Waals surface area contributed by atoms with Crippen LogP contribution in [0.15, 0.2) is 17.9 Å². The first-order valence-corrected chi connectivity index (χ1v) is 6.37. The smallest absolute Gasteiger partial charge is 0.342 e. The molecule has 0 fully saturated rings. The van der Waals surface area contributed by atoms with Crippen molar-refractivity contribution in [2.75, 3.05) is 6.61 Å². The van der Waals surface area contributed by atoms with Crippen LogP contribution in [0.5, 0.6) is 0 Å². The van der Waals surface area contributed by atoms with E-state index in [-0.39, 0.29) is 17.9 Å². The second-order valence-corrected chi connectivity index (χ2v) is 4.78. The molecule has 0 saturated carbocycles. The first-order chi connectivity index (χ1) is 8.54. The summed E-state index contributed by atoms with van der Waals surface area (Å²) in [4.78, 5) is 11.9. The van der Waals surface area contributed by atoms with Gasteiger partial charge in [0.1, 0.15) is 11.3 Å². The van der Waals surface area contributed by atoms with Gasteiger partial charge in [0.15, 0.2) is 0 Å². The highest BCUT2D eigenvalue weighted by Crippen LogP contribution is 2.36. The quantitative estimate of drug-likeness (QED) is 0.842. The van der Waals surface area contributed by atoms with Gasteiger partial charge in [0.2, 0.25) is 0 Å². The first-order valence-electron chi connectivity index (χ1n) is 5.62. The molecular weight excluding hydrogens is 275 g/mol. The van der Waals surface area contributed by atoms with E-state index in [1.807, 2.05) is 0 Å². The molecule has 1 aromatic rings. The number of halogens is 2. The van der Waals surface area contributed by atoms with Gasteiger partial charge in [-0.15, -0.1) is 0 Å². The number of aliphatic hydroxyl groups excluding tert-OH is 1. The van der Waals surface area contributed by atoms with E-state index < -0.39 is 5.97 Å². The van der Waals surface area contributed by atoms with Crippen molar-refractivity contribution < 1.29 is 14.6 Å². The van der Waals surface area contributed by atoms with Gasteiger partial charge in [0, 0.05) is 6.42 Å². The number of aryl methyl sites for hydroxylation is 1. The van der Waals surface area contributed by atoms with Crippen molar-refractivity contribution >= 4 is 34.7 Å². The number of esters is 1. The van der Waals surface area contributed by atoms with Gasteiger partial charge in [0.05, 0.1) is 16.7 Å². The number of ether oxygens (including phenoxy) is 1. The third-order valence-corrected chi connectivity index (χ3v) is 3.54. The number of benzene rings is 1. The second-order valence-electron chi connectivity index (χ2n) is 3.97. The van der Waals surface area contributed by atoms with Crippen LogP contribution < -0.4 is 0 Å². The molecule has 0 saturated heterocycles. The summed E-state index contributed by atoms with van der Waals surface area (Å²) in [6, 6.07) is 3.33. The molecule has 1 aliphatic rings. The molecule has 96 valence electrons. The standard InChI is InChI=1S/C13H12Cl2O3/c1-2-18-13(17)12-8-6-10(15)9(14)5-7(8)3-4-11(12)16/h5-6,16H,2-4H2,1H3. The van der Waals surface area contributed by atoms with E-state index in [1.54, 1.807) is 19.1 Å². The van der Waals surface area contributed by atoms with E-state index in [0.717, 1.165) is 5.56 Å².